The van der Waals surface area contributed by atoms with Crippen LogP contribution in [0.1, 0.15) is 108 Å². The summed E-state index contributed by atoms with van der Waals surface area (Å²) in [5, 5.41) is 108. The summed E-state index contributed by atoms with van der Waals surface area (Å²) >= 11 is 0. The summed E-state index contributed by atoms with van der Waals surface area (Å²) in [4.78, 5) is 88.6. The minimum atomic E-state index is -1.47. The number of nitrogens with one attached hydrogen (secondary N) is 3. The summed E-state index contributed by atoms with van der Waals surface area (Å²) in [5.74, 6) is -3.25. The monoisotopic (exact) mass is 1240 g/mol. The van der Waals surface area contributed by atoms with Gasteiger partial charge >= 0.3 is 5.97 Å². The van der Waals surface area contributed by atoms with Crippen molar-refractivity contribution in [3.8, 4) is 28.4 Å². The highest BCUT2D eigenvalue weighted by molar-refractivity contribution is 5.90. The first kappa shape index (κ1) is 71.9. The standard InChI is InChI=1S/C58H85N3O26/c1-31-46(68)49(71)52(74)56(85-31)79-19-7-13-37(62)10-4-17-60-44(66)29-83-41-24-35(25-42(27-41)84-30-45(67)61-18-5-11-38(63)14-8-20-80-57-53(75)50(72)47(69)32(2)86-57)34-22-36(55(77)78)26-40(23-34)82-28-39(64)12-6-16-59-43(65)15-9-21-81-58-54(76)51(73)48(70)33(3)87-58/h22-27,31-33,46-54,56-58,68-76H,4-21,28-30H2,1-3H3,(H,59,65)(H,60,66)(H,61,67)(H,77,78)/t31-,32-,33-,46-,47-,48-,49?,50?,51?,52-,53-,54-,56?,57?,58?/m0/s1. The number of carbonyl (C=O) groups is 7. The Hall–Kier alpha value is -5.87. The van der Waals surface area contributed by atoms with E-state index in [1.165, 1.54) is 57.2 Å². The first-order valence-corrected chi connectivity index (χ1v) is 29.1. The Morgan fingerprint density at radius 1 is 0.391 bits per heavy atom. The van der Waals surface area contributed by atoms with Gasteiger partial charge in [-0.15, -0.1) is 0 Å². The molecule has 6 unspecified atom stereocenters. The van der Waals surface area contributed by atoms with E-state index >= 15 is 0 Å². The van der Waals surface area contributed by atoms with Gasteiger partial charge in [0.2, 0.25) is 5.91 Å². The zero-order chi connectivity index (χ0) is 63.7. The fraction of sp³-hybridized carbons (Fsp3) is 0.672. The van der Waals surface area contributed by atoms with Crippen LogP contribution >= 0.6 is 0 Å². The number of hydrogen-bond donors (Lipinski definition) is 13. The second-order valence-corrected chi connectivity index (χ2v) is 21.6. The van der Waals surface area contributed by atoms with Crippen LogP contribution in [0.25, 0.3) is 11.1 Å². The minimum Gasteiger partial charge on any atom is -0.486 e. The van der Waals surface area contributed by atoms with E-state index in [0.29, 0.717) is 12.8 Å². The van der Waals surface area contributed by atoms with E-state index in [9.17, 15) is 84.6 Å². The highest BCUT2D eigenvalue weighted by Gasteiger charge is 2.44. The van der Waals surface area contributed by atoms with Crippen LogP contribution in [0.4, 0.5) is 0 Å². The SMILES string of the molecule is C[C@@H]1OC(OCCCC(=O)CCCNC(=O)COc2cc(OCC(=O)NCCCC(=O)CCCOC3O[C@@H](C)[C@H](O)C(O)[C@@H]3O)cc(-c3cc(OCC(=O)CCCNC(=O)CCCOC4O[C@@H](C)[C@H](O)C(O)[C@@H]4O)cc(C(=O)O)c3)c2)[C@@H](O)C(O)[C@H]1O. The van der Waals surface area contributed by atoms with Gasteiger partial charge in [-0.05, 0) is 101 Å². The summed E-state index contributed by atoms with van der Waals surface area (Å²) in [5.41, 5.74) is 0.309. The predicted octanol–water partition coefficient (Wildman–Crippen LogP) is -1.54. The Morgan fingerprint density at radius 2 is 0.724 bits per heavy atom. The number of benzene rings is 2. The third-order valence-corrected chi connectivity index (χ3v) is 14.4. The van der Waals surface area contributed by atoms with E-state index in [0.717, 1.165) is 0 Å². The summed E-state index contributed by atoms with van der Waals surface area (Å²) in [7, 11) is 0. The first-order chi connectivity index (χ1) is 41.4. The maximum atomic E-state index is 12.9. The number of ether oxygens (including phenoxy) is 9. The third-order valence-electron chi connectivity index (χ3n) is 14.4. The van der Waals surface area contributed by atoms with Gasteiger partial charge in [0.05, 0.1) is 43.7 Å². The molecule has 0 aliphatic carbocycles. The summed E-state index contributed by atoms with van der Waals surface area (Å²) in [6.07, 6.45) is -16.2. The lowest BCUT2D eigenvalue weighted by Gasteiger charge is -2.38. The van der Waals surface area contributed by atoms with E-state index < -0.39 is 130 Å². The van der Waals surface area contributed by atoms with Gasteiger partial charge in [-0.3, -0.25) is 28.8 Å². The molecule has 15 atom stereocenters. The molecule has 29 nitrogen and oxygen atoms in total. The van der Waals surface area contributed by atoms with Crippen molar-refractivity contribution in [3.63, 3.8) is 0 Å². The number of carboxylic acid groups (broad SMARTS) is 1. The quantitative estimate of drug-likeness (QED) is 0.0339. The van der Waals surface area contributed by atoms with Gasteiger partial charge < -0.3 is 110 Å². The number of hydrogen-bond acceptors (Lipinski definition) is 25. The van der Waals surface area contributed by atoms with E-state index in [4.69, 9.17) is 42.6 Å². The second kappa shape index (κ2) is 36.6. The van der Waals surface area contributed by atoms with Crippen molar-refractivity contribution in [1.29, 1.82) is 0 Å². The molecule has 3 aliphatic rings. The number of ketones is 3. The number of amides is 3. The van der Waals surface area contributed by atoms with Gasteiger partial charge in [0.25, 0.3) is 11.8 Å². The maximum absolute atomic E-state index is 12.9. The van der Waals surface area contributed by atoms with Gasteiger partial charge in [0, 0.05) is 64.2 Å². The molecule has 2 aromatic carbocycles. The van der Waals surface area contributed by atoms with Crippen LogP contribution in [0, 0.1) is 0 Å². The predicted molar refractivity (Wildman–Crippen MR) is 300 cm³/mol. The molecule has 488 valence electrons. The molecular weight excluding hydrogens is 1150 g/mol. The van der Waals surface area contributed by atoms with Crippen molar-refractivity contribution in [1.82, 2.24) is 16.0 Å². The van der Waals surface area contributed by atoms with Crippen LogP contribution in [0.5, 0.6) is 17.2 Å². The number of rotatable bonds is 38. The number of carboxylic acids is 1. The van der Waals surface area contributed by atoms with Gasteiger partial charge in [0.15, 0.2) is 37.9 Å². The molecule has 13 N–H and O–H groups in total. The molecule has 0 bridgehead atoms. The number of Topliss-reactive ketones (excluding diaryl/α,β-unsaturated/α-hetero) is 3. The summed E-state index contributed by atoms with van der Waals surface area (Å²) in [6, 6.07) is 8.35. The van der Waals surface area contributed by atoms with E-state index in [1.54, 1.807) is 0 Å². The number of carbonyl (C=O) groups excluding carboxylic acids is 6. The Kier molecular flexibility index (Phi) is 30.2. The lowest BCUT2D eigenvalue weighted by atomic mass is 10.00. The Labute approximate surface area is 502 Å². The van der Waals surface area contributed by atoms with Crippen molar-refractivity contribution >= 4 is 41.0 Å². The molecule has 0 radical (unpaired) electrons. The molecule has 2 aromatic rings. The van der Waals surface area contributed by atoms with Crippen LogP contribution in [0.3, 0.4) is 0 Å². The van der Waals surface area contributed by atoms with Crippen molar-refractivity contribution in [3.05, 3.63) is 42.0 Å². The third kappa shape index (κ3) is 23.9. The highest BCUT2D eigenvalue weighted by Crippen LogP contribution is 2.34. The van der Waals surface area contributed by atoms with Crippen molar-refractivity contribution < 1.29 is 127 Å². The zero-order valence-electron chi connectivity index (χ0n) is 49.0. The molecule has 0 saturated carbocycles. The Balaban J connectivity index is 1.10. The zero-order valence-corrected chi connectivity index (χ0v) is 49.0. The lowest BCUT2D eigenvalue weighted by Crippen LogP contribution is -2.57. The average molecular weight is 1240 g/mol. The number of aliphatic hydroxyl groups is 9. The van der Waals surface area contributed by atoms with Gasteiger partial charge in [-0.2, -0.15) is 0 Å². The summed E-state index contributed by atoms with van der Waals surface area (Å²) in [6.45, 7) is 3.55. The van der Waals surface area contributed by atoms with Crippen LogP contribution < -0.4 is 30.2 Å². The van der Waals surface area contributed by atoms with E-state index in [-0.39, 0.29) is 161 Å². The molecule has 87 heavy (non-hydrogen) atoms. The molecule has 3 fully saturated rings. The second-order valence-electron chi connectivity index (χ2n) is 21.6. The van der Waals surface area contributed by atoms with Gasteiger partial charge in [0.1, 0.15) is 90.4 Å². The fourth-order valence-electron chi connectivity index (χ4n) is 9.22. The Morgan fingerprint density at radius 3 is 1.13 bits per heavy atom. The van der Waals surface area contributed by atoms with Crippen molar-refractivity contribution in [2.75, 3.05) is 59.3 Å². The molecular formula is C58H85N3O26. The molecule has 3 amide bonds. The van der Waals surface area contributed by atoms with Gasteiger partial charge in [-0.1, -0.05) is 0 Å². The van der Waals surface area contributed by atoms with Crippen LogP contribution in [0.2, 0.25) is 0 Å². The number of aromatic carboxylic acids is 1. The molecule has 0 aromatic heterocycles. The largest absolute Gasteiger partial charge is 0.486 e. The topological polar surface area (TPSA) is 441 Å². The molecule has 29 heteroatoms. The molecule has 5 rings (SSSR count). The molecule has 0 spiro atoms. The van der Waals surface area contributed by atoms with Crippen molar-refractivity contribution in [2.45, 2.75) is 190 Å². The maximum Gasteiger partial charge on any atom is 0.335 e. The molecule has 3 aliphatic heterocycles. The molecule has 3 heterocycles. The fourth-order valence-corrected chi connectivity index (χ4v) is 9.22. The van der Waals surface area contributed by atoms with Crippen LogP contribution in [-0.2, 0) is 57.2 Å². The summed E-state index contributed by atoms with van der Waals surface area (Å²) < 4.78 is 50.0. The first-order valence-electron chi connectivity index (χ1n) is 29.1. The number of aliphatic hydroxyl groups excluding tert-OH is 9. The van der Waals surface area contributed by atoms with Crippen LogP contribution in [0.15, 0.2) is 36.4 Å². The van der Waals surface area contributed by atoms with E-state index in [1.807, 2.05) is 0 Å². The molecule has 3 saturated heterocycles. The lowest BCUT2D eigenvalue weighted by molar-refractivity contribution is -0.293. The Bertz CT molecular complexity index is 2440. The highest BCUT2D eigenvalue weighted by atomic mass is 16.7. The normalized spacial score (nSPS) is 27.1. The smallest absolute Gasteiger partial charge is 0.335 e. The minimum absolute atomic E-state index is 0.00265. The average Bonchev–Trinajstić information content (AvgIpc) is 2.44. The van der Waals surface area contributed by atoms with Crippen molar-refractivity contribution in [2.24, 2.45) is 0 Å². The van der Waals surface area contributed by atoms with Crippen LogP contribution in [-0.4, -0.2) is 243 Å². The van der Waals surface area contributed by atoms with E-state index in [2.05, 4.69) is 16.0 Å². The van der Waals surface area contributed by atoms with Gasteiger partial charge in [-0.25, -0.2) is 4.79 Å².